The molecular weight excluding hydrogens is 282 g/mol. The summed E-state index contributed by atoms with van der Waals surface area (Å²) >= 11 is 1.80. The summed E-state index contributed by atoms with van der Waals surface area (Å²) in [7, 11) is 1.66. The smallest absolute Gasteiger partial charge is 0.119 e. The van der Waals surface area contributed by atoms with Gasteiger partial charge in [0.1, 0.15) is 10.8 Å². The summed E-state index contributed by atoms with van der Waals surface area (Å²) in [6.07, 6.45) is 0.950. The summed E-state index contributed by atoms with van der Waals surface area (Å²) in [5.74, 6) is 1.86. The summed E-state index contributed by atoms with van der Waals surface area (Å²) in [6.45, 7) is 2.02. The number of hydrogen-bond acceptors (Lipinski definition) is 5. The van der Waals surface area contributed by atoms with E-state index in [0.717, 1.165) is 45.6 Å². The van der Waals surface area contributed by atoms with Gasteiger partial charge in [-0.2, -0.15) is 5.10 Å². The van der Waals surface area contributed by atoms with Gasteiger partial charge in [0.25, 0.3) is 0 Å². The second-order valence-corrected chi connectivity index (χ2v) is 5.89. The molecule has 2 heterocycles. The Labute approximate surface area is 128 Å². The molecule has 1 aliphatic rings. The summed E-state index contributed by atoms with van der Waals surface area (Å²) in [6, 6.07) is 11.9. The molecule has 1 aliphatic heterocycles. The van der Waals surface area contributed by atoms with Gasteiger partial charge >= 0.3 is 0 Å². The van der Waals surface area contributed by atoms with Crippen LogP contribution in [0.4, 0.5) is 5.69 Å². The third-order valence-electron chi connectivity index (χ3n) is 3.30. The van der Waals surface area contributed by atoms with Crippen LogP contribution in [0.5, 0.6) is 5.75 Å². The summed E-state index contributed by atoms with van der Waals surface area (Å²) in [4.78, 5) is 4.58. The van der Waals surface area contributed by atoms with E-state index in [1.165, 1.54) is 0 Å². The number of nitrogens with zero attached hydrogens (tertiary/aromatic N) is 2. The molecule has 0 aliphatic carbocycles. The highest BCUT2D eigenvalue weighted by atomic mass is 32.2. The second-order valence-electron chi connectivity index (χ2n) is 4.80. The van der Waals surface area contributed by atoms with E-state index in [-0.39, 0.29) is 0 Å². The van der Waals surface area contributed by atoms with E-state index in [1.54, 1.807) is 18.9 Å². The van der Waals surface area contributed by atoms with Crippen molar-refractivity contribution in [3.63, 3.8) is 0 Å². The van der Waals surface area contributed by atoms with Gasteiger partial charge in [-0.25, -0.2) is 4.98 Å². The zero-order valence-corrected chi connectivity index (χ0v) is 12.9. The molecule has 21 heavy (non-hydrogen) atoms. The monoisotopic (exact) mass is 299 g/mol. The van der Waals surface area contributed by atoms with Crippen molar-refractivity contribution in [3.8, 4) is 5.75 Å². The van der Waals surface area contributed by atoms with Gasteiger partial charge in [-0.1, -0.05) is 0 Å². The van der Waals surface area contributed by atoms with E-state index >= 15 is 0 Å². The Kier molecular flexibility index (Phi) is 4.10. The number of thioether (sulfide) groups is 1. The second kappa shape index (κ2) is 6.18. The van der Waals surface area contributed by atoms with Crippen LogP contribution < -0.4 is 10.2 Å². The molecule has 0 fully saturated rings. The van der Waals surface area contributed by atoms with Crippen LogP contribution in [0.15, 0.2) is 46.5 Å². The summed E-state index contributed by atoms with van der Waals surface area (Å²) < 4.78 is 5.15. The van der Waals surface area contributed by atoms with Gasteiger partial charge in [-0.15, -0.1) is 11.8 Å². The molecule has 0 bridgehead atoms. The molecule has 0 amide bonds. The van der Waals surface area contributed by atoms with Crippen LogP contribution in [0.3, 0.4) is 0 Å². The number of rotatable bonds is 3. The van der Waals surface area contributed by atoms with Crippen molar-refractivity contribution in [2.75, 3.05) is 18.3 Å². The average molecular weight is 299 g/mol. The van der Waals surface area contributed by atoms with Crippen LogP contribution in [0, 0.1) is 6.92 Å². The maximum absolute atomic E-state index is 5.15. The number of nitrogens with one attached hydrogen (secondary N) is 1. The first-order valence-corrected chi connectivity index (χ1v) is 7.82. The standard InChI is InChI=1S/C16H17N3OS/c1-11-3-8-14-15(9-10-21-16(14)17-11)19-18-12-4-6-13(20-2)7-5-12/h3-8,18H,9-10H2,1-2H3/b19-15-. The van der Waals surface area contributed by atoms with Crippen LogP contribution in [0.25, 0.3) is 0 Å². The number of anilines is 1. The maximum Gasteiger partial charge on any atom is 0.119 e. The van der Waals surface area contributed by atoms with E-state index in [9.17, 15) is 0 Å². The van der Waals surface area contributed by atoms with Gasteiger partial charge in [0.05, 0.1) is 18.5 Å². The van der Waals surface area contributed by atoms with Gasteiger partial charge in [-0.3, -0.25) is 5.43 Å². The number of aryl methyl sites for hydroxylation is 1. The van der Waals surface area contributed by atoms with Crippen LogP contribution in [0.2, 0.25) is 0 Å². The van der Waals surface area contributed by atoms with Crippen LogP contribution in [0.1, 0.15) is 17.7 Å². The molecule has 0 spiro atoms. The van der Waals surface area contributed by atoms with Crippen molar-refractivity contribution in [3.05, 3.63) is 47.7 Å². The SMILES string of the molecule is COc1ccc(N/N=C2/CCSc3nc(C)ccc32)cc1. The number of hydrogen-bond donors (Lipinski definition) is 1. The topological polar surface area (TPSA) is 46.5 Å². The van der Waals surface area contributed by atoms with Crippen molar-refractivity contribution in [2.24, 2.45) is 5.10 Å². The van der Waals surface area contributed by atoms with E-state index in [1.807, 2.05) is 37.3 Å². The first kappa shape index (κ1) is 13.9. The lowest BCUT2D eigenvalue weighted by Crippen LogP contribution is -2.13. The third kappa shape index (κ3) is 3.19. The van der Waals surface area contributed by atoms with Crippen molar-refractivity contribution in [1.82, 2.24) is 4.98 Å². The first-order chi connectivity index (χ1) is 10.3. The number of pyridine rings is 1. The molecule has 4 nitrogen and oxygen atoms in total. The van der Waals surface area contributed by atoms with Gasteiger partial charge in [0, 0.05) is 23.4 Å². The molecule has 3 rings (SSSR count). The van der Waals surface area contributed by atoms with Crippen molar-refractivity contribution in [1.29, 1.82) is 0 Å². The number of ether oxygens (including phenoxy) is 1. The molecule has 0 saturated carbocycles. The quantitative estimate of drug-likeness (QED) is 0.878. The van der Waals surface area contributed by atoms with E-state index in [2.05, 4.69) is 21.6 Å². The average Bonchev–Trinajstić information content (AvgIpc) is 2.53. The fourth-order valence-electron chi connectivity index (χ4n) is 2.16. The van der Waals surface area contributed by atoms with Crippen molar-refractivity contribution in [2.45, 2.75) is 18.4 Å². The molecule has 108 valence electrons. The number of aromatic nitrogens is 1. The highest BCUT2D eigenvalue weighted by molar-refractivity contribution is 7.99. The van der Waals surface area contributed by atoms with Crippen molar-refractivity contribution < 1.29 is 4.74 Å². The van der Waals surface area contributed by atoms with Crippen LogP contribution in [-0.4, -0.2) is 23.6 Å². The maximum atomic E-state index is 5.15. The van der Waals surface area contributed by atoms with Gasteiger partial charge < -0.3 is 4.74 Å². The Hall–Kier alpha value is -2.01. The highest BCUT2D eigenvalue weighted by Gasteiger charge is 2.17. The predicted octanol–water partition coefficient (Wildman–Crippen LogP) is 3.71. The number of methoxy groups -OCH3 is 1. The van der Waals surface area contributed by atoms with E-state index < -0.39 is 0 Å². The fourth-order valence-corrected chi connectivity index (χ4v) is 3.19. The lowest BCUT2D eigenvalue weighted by Gasteiger charge is -2.17. The molecule has 0 atom stereocenters. The Morgan fingerprint density at radius 1 is 1.19 bits per heavy atom. The lowest BCUT2D eigenvalue weighted by atomic mass is 10.1. The minimum atomic E-state index is 0.840. The Morgan fingerprint density at radius 3 is 2.76 bits per heavy atom. The molecule has 0 unspecified atom stereocenters. The largest absolute Gasteiger partial charge is 0.497 e. The third-order valence-corrected chi connectivity index (χ3v) is 4.29. The Bertz CT molecular complexity index is 668. The van der Waals surface area contributed by atoms with E-state index in [4.69, 9.17) is 4.74 Å². The first-order valence-electron chi connectivity index (χ1n) is 6.84. The Balaban J connectivity index is 1.81. The molecule has 2 aromatic rings. The zero-order chi connectivity index (χ0) is 14.7. The van der Waals surface area contributed by atoms with E-state index in [0.29, 0.717) is 0 Å². The molecule has 0 saturated heterocycles. The molecule has 0 radical (unpaired) electrons. The normalized spacial score (nSPS) is 15.6. The van der Waals surface area contributed by atoms with Gasteiger partial charge in [-0.05, 0) is 43.3 Å². The molecular formula is C16H17N3OS. The number of fused-ring (bicyclic) bond motifs is 1. The predicted molar refractivity (Wildman–Crippen MR) is 87.5 cm³/mol. The molecule has 1 aromatic heterocycles. The van der Waals surface area contributed by atoms with Gasteiger partial charge in [0.15, 0.2) is 0 Å². The molecule has 1 aromatic carbocycles. The highest BCUT2D eigenvalue weighted by Crippen LogP contribution is 2.29. The van der Waals surface area contributed by atoms with Crippen molar-refractivity contribution >= 4 is 23.2 Å². The Morgan fingerprint density at radius 2 is 2.00 bits per heavy atom. The molecule has 5 heteroatoms. The van der Waals surface area contributed by atoms with Crippen LogP contribution >= 0.6 is 11.8 Å². The minimum absolute atomic E-state index is 0.840. The van der Waals surface area contributed by atoms with Gasteiger partial charge in [0.2, 0.25) is 0 Å². The molecule has 1 N–H and O–H groups in total. The number of hydrazone groups is 1. The fraction of sp³-hybridized carbons (Fsp3) is 0.250. The summed E-state index contributed by atoms with van der Waals surface area (Å²) in [5, 5.41) is 5.63. The number of benzene rings is 1. The minimum Gasteiger partial charge on any atom is -0.497 e. The summed E-state index contributed by atoms with van der Waals surface area (Å²) in [5.41, 5.74) is 7.31. The zero-order valence-electron chi connectivity index (χ0n) is 12.1. The lowest BCUT2D eigenvalue weighted by molar-refractivity contribution is 0.415. The van der Waals surface area contributed by atoms with Crippen LogP contribution in [-0.2, 0) is 0 Å².